The van der Waals surface area contributed by atoms with Crippen LogP contribution in [0.3, 0.4) is 0 Å². The Kier molecular flexibility index (Phi) is 8.20. The van der Waals surface area contributed by atoms with Crippen LogP contribution in [0.5, 0.6) is 0 Å². The summed E-state index contributed by atoms with van der Waals surface area (Å²) in [6.07, 6.45) is 2.39. The Morgan fingerprint density at radius 1 is 1.15 bits per heavy atom. The van der Waals surface area contributed by atoms with E-state index in [1.807, 2.05) is 65.0 Å². The number of carbonyl (C=O) groups is 3. The Morgan fingerprint density at radius 3 is 2.38 bits per heavy atom. The molecule has 3 aliphatic heterocycles. The molecule has 8 heteroatoms. The lowest BCUT2D eigenvalue weighted by molar-refractivity contribution is -0.151. The average molecular weight is 556 g/mol. The van der Waals surface area contributed by atoms with Gasteiger partial charge in [0.15, 0.2) is 0 Å². The fourth-order valence-corrected chi connectivity index (χ4v) is 8.04. The summed E-state index contributed by atoms with van der Waals surface area (Å²) in [5.41, 5.74) is -1.63. The number of likely N-dealkylation sites (tertiary alicyclic amines) is 1. The van der Waals surface area contributed by atoms with Gasteiger partial charge in [0.1, 0.15) is 11.6 Å². The molecule has 1 aromatic rings. The summed E-state index contributed by atoms with van der Waals surface area (Å²) >= 11 is 0. The standard InChI is InChI=1S/C32H49N3O5/c1-9-15-33-26(37)23-24-28(39)35(22(18-36)16-21-13-11-10-12-14-21)25(32(24)17-20(2)31(23,8)40-32)27(38)34-30(6,7)19-29(3,4)5/h10-14,20,22-25,36H,9,15-19H2,1-8H3,(H,33,37)(H,34,38)/t20?,22-,23+,24+,25?,31-,32?/m1/s1. The first-order chi connectivity index (χ1) is 18.6. The first-order valence-corrected chi connectivity index (χ1v) is 14.9. The van der Waals surface area contributed by atoms with E-state index in [1.54, 1.807) is 4.90 Å². The van der Waals surface area contributed by atoms with Gasteiger partial charge < -0.3 is 25.4 Å². The Labute approximate surface area is 239 Å². The van der Waals surface area contributed by atoms with Gasteiger partial charge in [-0.3, -0.25) is 14.4 Å². The number of carbonyl (C=O) groups excluding carboxylic acids is 3. The van der Waals surface area contributed by atoms with Crippen molar-refractivity contribution in [2.24, 2.45) is 23.2 Å². The van der Waals surface area contributed by atoms with Crippen molar-refractivity contribution >= 4 is 17.7 Å². The van der Waals surface area contributed by atoms with E-state index in [1.165, 1.54) is 0 Å². The topological polar surface area (TPSA) is 108 Å². The van der Waals surface area contributed by atoms with Gasteiger partial charge in [0, 0.05) is 12.1 Å². The molecule has 2 bridgehead atoms. The Bertz CT molecular complexity index is 1120. The molecule has 1 spiro atoms. The molecule has 222 valence electrons. The van der Waals surface area contributed by atoms with Crippen LogP contribution in [0.1, 0.15) is 80.2 Å². The molecule has 0 saturated carbocycles. The molecule has 3 N–H and O–H groups in total. The summed E-state index contributed by atoms with van der Waals surface area (Å²) in [7, 11) is 0. The molecule has 3 unspecified atom stereocenters. The Hall–Kier alpha value is -2.45. The monoisotopic (exact) mass is 555 g/mol. The van der Waals surface area contributed by atoms with Gasteiger partial charge in [-0.1, -0.05) is 65.0 Å². The first-order valence-electron chi connectivity index (χ1n) is 14.9. The first kappa shape index (κ1) is 30.5. The number of hydrogen-bond donors (Lipinski definition) is 3. The van der Waals surface area contributed by atoms with Gasteiger partial charge in [0.2, 0.25) is 17.7 Å². The molecular weight excluding hydrogens is 506 g/mol. The highest BCUT2D eigenvalue weighted by Crippen LogP contribution is 2.65. The van der Waals surface area contributed by atoms with Crippen LogP contribution in [0.4, 0.5) is 0 Å². The maximum absolute atomic E-state index is 14.5. The van der Waals surface area contributed by atoms with Gasteiger partial charge in [-0.15, -0.1) is 0 Å². The number of aliphatic hydroxyl groups is 1. The number of nitrogens with zero attached hydrogens (tertiary/aromatic N) is 1. The average Bonchev–Trinajstić information content (AvgIpc) is 3.36. The minimum atomic E-state index is -1.15. The number of benzene rings is 1. The van der Waals surface area contributed by atoms with E-state index in [2.05, 4.69) is 31.4 Å². The maximum atomic E-state index is 14.5. The SMILES string of the molecule is CCCNC(=O)[C@@H]1[C@H]2C(=O)N([C@@H](CO)Cc3ccccc3)C(C(=O)NC(C)(C)CC(C)(C)C)C23CC(C)[C@@]1(C)O3. The molecule has 1 aromatic carbocycles. The highest BCUT2D eigenvalue weighted by molar-refractivity contribution is 5.99. The van der Waals surface area contributed by atoms with Gasteiger partial charge in [-0.05, 0) is 63.4 Å². The third-order valence-corrected chi connectivity index (χ3v) is 9.18. The lowest BCUT2D eigenvalue weighted by Gasteiger charge is -2.40. The molecular formula is C32H49N3O5. The quantitative estimate of drug-likeness (QED) is 0.410. The fraction of sp³-hybridized carbons (Fsp3) is 0.719. The van der Waals surface area contributed by atoms with E-state index in [0.29, 0.717) is 19.4 Å². The minimum Gasteiger partial charge on any atom is -0.394 e. The summed E-state index contributed by atoms with van der Waals surface area (Å²) in [6, 6.07) is 8.07. The number of rotatable bonds is 10. The van der Waals surface area contributed by atoms with E-state index in [4.69, 9.17) is 4.74 Å². The van der Waals surface area contributed by atoms with E-state index < -0.39 is 40.7 Å². The van der Waals surface area contributed by atoms with Crippen molar-refractivity contribution in [1.82, 2.24) is 15.5 Å². The normalized spacial score (nSPS) is 32.2. The van der Waals surface area contributed by atoms with Gasteiger partial charge >= 0.3 is 0 Å². The zero-order valence-electron chi connectivity index (χ0n) is 25.5. The Balaban J connectivity index is 1.79. The van der Waals surface area contributed by atoms with Crippen molar-refractivity contribution in [3.8, 4) is 0 Å². The van der Waals surface area contributed by atoms with Crippen LogP contribution in [0, 0.1) is 23.2 Å². The molecule has 0 radical (unpaired) electrons. The molecule has 40 heavy (non-hydrogen) atoms. The van der Waals surface area contributed by atoms with E-state index in [-0.39, 0.29) is 35.7 Å². The smallest absolute Gasteiger partial charge is 0.246 e. The van der Waals surface area contributed by atoms with E-state index >= 15 is 0 Å². The van der Waals surface area contributed by atoms with Crippen molar-refractivity contribution in [3.63, 3.8) is 0 Å². The predicted octanol–water partition coefficient (Wildman–Crippen LogP) is 3.46. The van der Waals surface area contributed by atoms with Crippen LogP contribution < -0.4 is 10.6 Å². The number of ether oxygens (including phenoxy) is 1. The second kappa shape index (κ2) is 10.8. The summed E-state index contributed by atoms with van der Waals surface area (Å²) in [5.74, 6) is -2.31. The molecule has 4 rings (SSSR count). The summed E-state index contributed by atoms with van der Waals surface area (Å²) in [4.78, 5) is 44.1. The van der Waals surface area contributed by atoms with Crippen LogP contribution in [-0.2, 0) is 25.5 Å². The number of fused-ring (bicyclic) bond motifs is 1. The van der Waals surface area contributed by atoms with Gasteiger partial charge in [-0.25, -0.2) is 0 Å². The largest absolute Gasteiger partial charge is 0.394 e. The molecule has 3 fully saturated rings. The lowest BCUT2D eigenvalue weighted by Crippen LogP contribution is -2.61. The number of aliphatic hydroxyl groups excluding tert-OH is 1. The van der Waals surface area contributed by atoms with Crippen LogP contribution in [-0.4, -0.2) is 69.7 Å². The fourth-order valence-electron chi connectivity index (χ4n) is 8.04. The molecule has 3 amide bonds. The van der Waals surface area contributed by atoms with E-state index in [0.717, 1.165) is 18.4 Å². The Morgan fingerprint density at radius 2 is 1.80 bits per heavy atom. The zero-order valence-corrected chi connectivity index (χ0v) is 25.5. The van der Waals surface area contributed by atoms with Crippen LogP contribution in [0.15, 0.2) is 30.3 Å². The van der Waals surface area contributed by atoms with Crippen molar-refractivity contribution in [1.29, 1.82) is 0 Å². The van der Waals surface area contributed by atoms with E-state index in [9.17, 15) is 19.5 Å². The molecule has 8 nitrogen and oxygen atoms in total. The summed E-state index contributed by atoms with van der Waals surface area (Å²) < 4.78 is 6.83. The second-order valence-corrected chi connectivity index (χ2v) is 14.4. The van der Waals surface area contributed by atoms with Crippen LogP contribution in [0.25, 0.3) is 0 Å². The zero-order chi connectivity index (χ0) is 29.7. The molecule has 3 aliphatic rings. The van der Waals surface area contributed by atoms with Crippen LogP contribution in [0.2, 0.25) is 0 Å². The lowest BCUT2D eigenvalue weighted by atomic mass is 9.62. The molecule has 0 aromatic heterocycles. The molecule has 0 aliphatic carbocycles. The van der Waals surface area contributed by atoms with Gasteiger partial charge in [0.05, 0.1) is 30.1 Å². The third-order valence-electron chi connectivity index (χ3n) is 9.18. The number of amides is 3. The highest BCUT2D eigenvalue weighted by atomic mass is 16.5. The number of hydrogen-bond acceptors (Lipinski definition) is 5. The number of nitrogens with one attached hydrogen (secondary N) is 2. The highest BCUT2D eigenvalue weighted by Gasteiger charge is 2.80. The molecule has 3 heterocycles. The van der Waals surface area contributed by atoms with Gasteiger partial charge in [-0.2, -0.15) is 0 Å². The minimum absolute atomic E-state index is 0.0313. The van der Waals surface area contributed by atoms with Crippen molar-refractivity contribution in [3.05, 3.63) is 35.9 Å². The predicted molar refractivity (Wildman–Crippen MR) is 154 cm³/mol. The van der Waals surface area contributed by atoms with Crippen LogP contribution >= 0.6 is 0 Å². The van der Waals surface area contributed by atoms with Crippen molar-refractivity contribution in [2.45, 2.75) is 110 Å². The summed E-state index contributed by atoms with van der Waals surface area (Å²) in [6.45, 7) is 16.5. The second-order valence-electron chi connectivity index (χ2n) is 14.4. The molecule has 3 saturated heterocycles. The van der Waals surface area contributed by atoms with Crippen molar-refractivity contribution < 1.29 is 24.2 Å². The third kappa shape index (κ3) is 5.29. The summed E-state index contributed by atoms with van der Waals surface area (Å²) in [5, 5.41) is 16.9. The van der Waals surface area contributed by atoms with Gasteiger partial charge in [0.25, 0.3) is 0 Å². The maximum Gasteiger partial charge on any atom is 0.246 e. The molecule has 7 atom stereocenters. The van der Waals surface area contributed by atoms with Crippen molar-refractivity contribution in [2.75, 3.05) is 13.2 Å².